The van der Waals surface area contributed by atoms with Crippen LogP contribution in [0.3, 0.4) is 0 Å². The standard InChI is InChI=1S/C11H15BrN2O/c1-14(2)11(15)7-8-13-10-5-3-9(12)4-6-10/h3-6,13H,7-8H2,1-2H3. The van der Waals surface area contributed by atoms with Gasteiger partial charge in [0.25, 0.3) is 0 Å². The van der Waals surface area contributed by atoms with Crippen molar-refractivity contribution in [2.75, 3.05) is 26.0 Å². The number of hydrogen-bond donors (Lipinski definition) is 1. The van der Waals surface area contributed by atoms with Crippen molar-refractivity contribution >= 4 is 27.5 Å². The van der Waals surface area contributed by atoms with E-state index in [4.69, 9.17) is 0 Å². The molecule has 15 heavy (non-hydrogen) atoms. The van der Waals surface area contributed by atoms with Crippen LogP contribution in [0.4, 0.5) is 5.69 Å². The van der Waals surface area contributed by atoms with Gasteiger partial charge in [0.05, 0.1) is 0 Å². The summed E-state index contributed by atoms with van der Waals surface area (Å²) < 4.78 is 1.05. The van der Waals surface area contributed by atoms with Crippen molar-refractivity contribution in [3.63, 3.8) is 0 Å². The van der Waals surface area contributed by atoms with Gasteiger partial charge in [-0.25, -0.2) is 0 Å². The number of halogens is 1. The molecule has 0 saturated heterocycles. The van der Waals surface area contributed by atoms with Crippen LogP contribution in [0, 0.1) is 0 Å². The first-order chi connectivity index (χ1) is 7.09. The lowest BCUT2D eigenvalue weighted by atomic mass is 10.3. The minimum Gasteiger partial charge on any atom is -0.385 e. The molecular weight excluding hydrogens is 256 g/mol. The number of hydrogen-bond acceptors (Lipinski definition) is 2. The van der Waals surface area contributed by atoms with Gasteiger partial charge >= 0.3 is 0 Å². The lowest BCUT2D eigenvalue weighted by Gasteiger charge is -2.11. The van der Waals surface area contributed by atoms with E-state index in [1.807, 2.05) is 24.3 Å². The molecule has 1 aromatic carbocycles. The molecule has 3 nitrogen and oxygen atoms in total. The maximum atomic E-state index is 11.3. The molecule has 0 saturated carbocycles. The number of benzene rings is 1. The summed E-state index contributed by atoms with van der Waals surface area (Å²) in [5, 5.41) is 3.19. The molecule has 82 valence electrons. The Balaban J connectivity index is 2.32. The van der Waals surface area contributed by atoms with E-state index in [2.05, 4.69) is 21.2 Å². The highest BCUT2D eigenvalue weighted by Crippen LogP contribution is 2.13. The Hall–Kier alpha value is -1.03. The molecule has 0 aliphatic heterocycles. The van der Waals surface area contributed by atoms with Gasteiger partial charge in [0.15, 0.2) is 0 Å². The Kier molecular flexibility index (Phi) is 4.62. The lowest BCUT2D eigenvalue weighted by molar-refractivity contribution is -0.128. The predicted molar refractivity (Wildman–Crippen MR) is 65.9 cm³/mol. The fraction of sp³-hybridized carbons (Fsp3) is 0.364. The maximum Gasteiger partial charge on any atom is 0.223 e. The Morgan fingerprint density at radius 2 is 1.93 bits per heavy atom. The second-order valence-electron chi connectivity index (χ2n) is 3.47. The van der Waals surface area contributed by atoms with Crippen molar-refractivity contribution in [2.24, 2.45) is 0 Å². The minimum atomic E-state index is 0.139. The Morgan fingerprint density at radius 3 is 2.47 bits per heavy atom. The van der Waals surface area contributed by atoms with Crippen molar-refractivity contribution in [2.45, 2.75) is 6.42 Å². The minimum absolute atomic E-state index is 0.139. The molecule has 0 unspecified atom stereocenters. The van der Waals surface area contributed by atoms with E-state index >= 15 is 0 Å². The van der Waals surface area contributed by atoms with Crippen LogP contribution in [0.15, 0.2) is 28.7 Å². The fourth-order valence-corrected chi connectivity index (χ4v) is 1.37. The van der Waals surface area contributed by atoms with Crippen LogP contribution in [0.25, 0.3) is 0 Å². The van der Waals surface area contributed by atoms with E-state index < -0.39 is 0 Å². The first-order valence-electron chi connectivity index (χ1n) is 4.79. The normalized spacial score (nSPS) is 9.80. The third-order valence-electron chi connectivity index (χ3n) is 2.01. The van der Waals surface area contributed by atoms with Crippen molar-refractivity contribution < 1.29 is 4.79 Å². The molecule has 0 fully saturated rings. The summed E-state index contributed by atoms with van der Waals surface area (Å²) in [6.45, 7) is 0.665. The van der Waals surface area contributed by atoms with E-state index in [-0.39, 0.29) is 5.91 Å². The summed E-state index contributed by atoms with van der Waals surface area (Å²) >= 11 is 3.37. The monoisotopic (exact) mass is 270 g/mol. The van der Waals surface area contributed by atoms with Crippen LogP contribution >= 0.6 is 15.9 Å². The molecular formula is C11H15BrN2O. The van der Waals surface area contributed by atoms with Gasteiger partial charge in [-0.15, -0.1) is 0 Å². The first-order valence-corrected chi connectivity index (χ1v) is 5.58. The second kappa shape index (κ2) is 5.75. The summed E-state index contributed by atoms with van der Waals surface area (Å²) in [6.07, 6.45) is 0.517. The number of carbonyl (C=O) groups is 1. The van der Waals surface area contributed by atoms with Gasteiger partial charge in [0.2, 0.25) is 5.91 Å². The summed E-state index contributed by atoms with van der Waals surface area (Å²) in [5.74, 6) is 0.139. The Bertz CT molecular complexity index is 322. The van der Waals surface area contributed by atoms with Gasteiger partial charge < -0.3 is 10.2 Å². The van der Waals surface area contributed by atoms with E-state index in [1.165, 1.54) is 0 Å². The Morgan fingerprint density at radius 1 is 1.33 bits per heavy atom. The highest BCUT2D eigenvalue weighted by atomic mass is 79.9. The highest BCUT2D eigenvalue weighted by Gasteiger charge is 2.02. The van der Waals surface area contributed by atoms with Crippen molar-refractivity contribution in [3.8, 4) is 0 Å². The van der Waals surface area contributed by atoms with E-state index in [9.17, 15) is 4.79 Å². The molecule has 0 radical (unpaired) electrons. The zero-order valence-corrected chi connectivity index (χ0v) is 10.5. The molecule has 0 atom stereocenters. The van der Waals surface area contributed by atoms with Gasteiger partial charge in [0, 0.05) is 37.2 Å². The van der Waals surface area contributed by atoms with E-state index in [1.54, 1.807) is 19.0 Å². The van der Waals surface area contributed by atoms with Gasteiger partial charge in [-0.05, 0) is 24.3 Å². The number of rotatable bonds is 4. The molecule has 4 heteroatoms. The van der Waals surface area contributed by atoms with Crippen LogP contribution in [-0.2, 0) is 4.79 Å². The molecule has 1 rings (SSSR count). The summed E-state index contributed by atoms with van der Waals surface area (Å²) in [5.41, 5.74) is 1.03. The second-order valence-corrected chi connectivity index (χ2v) is 4.39. The first kappa shape index (κ1) is 12.0. The molecule has 0 spiro atoms. The van der Waals surface area contributed by atoms with Crippen LogP contribution in [0.2, 0.25) is 0 Å². The number of nitrogens with one attached hydrogen (secondary N) is 1. The van der Waals surface area contributed by atoms with Crippen LogP contribution in [-0.4, -0.2) is 31.4 Å². The summed E-state index contributed by atoms with van der Waals surface area (Å²) in [6, 6.07) is 7.89. The molecule has 0 bridgehead atoms. The number of anilines is 1. The molecule has 1 amide bonds. The predicted octanol–water partition coefficient (Wildman–Crippen LogP) is 2.34. The summed E-state index contributed by atoms with van der Waals surface area (Å²) in [7, 11) is 3.53. The average Bonchev–Trinajstić information content (AvgIpc) is 2.20. The Labute approximate surface area is 98.6 Å². The van der Waals surface area contributed by atoms with E-state index in [0.717, 1.165) is 10.2 Å². The number of carbonyl (C=O) groups excluding carboxylic acids is 1. The van der Waals surface area contributed by atoms with Crippen LogP contribution in [0.5, 0.6) is 0 Å². The smallest absolute Gasteiger partial charge is 0.223 e. The van der Waals surface area contributed by atoms with Gasteiger partial charge in [-0.1, -0.05) is 15.9 Å². The van der Waals surface area contributed by atoms with Gasteiger partial charge in [-0.3, -0.25) is 4.79 Å². The zero-order chi connectivity index (χ0) is 11.3. The van der Waals surface area contributed by atoms with Crippen molar-refractivity contribution in [1.29, 1.82) is 0 Å². The fourth-order valence-electron chi connectivity index (χ4n) is 1.11. The SMILES string of the molecule is CN(C)C(=O)CCNc1ccc(Br)cc1. The largest absolute Gasteiger partial charge is 0.385 e. The molecule has 0 aliphatic carbocycles. The lowest BCUT2D eigenvalue weighted by Crippen LogP contribution is -2.23. The summed E-state index contributed by atoms with van der Waals surface area (Å²) in [4.78, 5) is 12.9. The third kappa shape index (κ3) is 4.34. The molecule has 0 aliphatic rings. The molecule has 1 N–H and O–H groups in total. The maximum absolute atomic E-state index is 11.3. The van der Waals surface area contributed by atoms with Crippen LogP contribution < -0.4 is 5.32 Å². The third-order valence-corrected chi connectivity index (χ3v) is 2.54. The topological polar surface area (TPSA) is 32.3 Å². The zero-order valence-electron chi connectivity index (χ0n) is 8.96. The van der Waals surface area contributed by atoms with Crippen molar-refractivity contribution in [1.82, 2.24) is 4.90 Å². The number of nitrogens with zero attached hydrogens (tertiary/aromatic N) is 1. The quantitative estimate of drug-likeness (QED) is 0.911. The van der Waals surface area contributed by atoms with Gasteiger partial charge in [0.1, 0.15) is 0 Å². The molecule has 1 aromatic rings. The van der Waals surface area contributed by atoms with Crippen LogP contribution in [0.1, 0.15) is 6.42 Å². The van der Waals surface area contributed by atoms with Gasteiger partial charge in [-0.2, -0.15) is 0 Å². The number of amides is 1. The molecule has 0 heterocycles. The molecule has 0 aromatic heterocycles. The average molecular weight is 271 g/mol. The highest BCUT2D eigenvalue weighted by molar-refractivity contribution is 9.10. The van der Waals surface area contributed by atoms with Crippen molar-refractivity contribution in [3.05, 3.63) is 28.7 Å². The van der Waals surface area contributed by atoms with E-state index in [0.29, 0.717) is 13.0 Å².